The zero-order valence-corrected chi connectivity index (χ0v) is 18.0. The van der Waals surface area contributed by atoms with Crippen LogP contribution in [0.2, 0.25) is 0 Å². The molecule has 0 amide bonds. The minimum absolute atomic E-state index is 0.139. The molecule has 0 aliphatic heterocycles. The molecule has 3 aliphatic carbocycles. The van der Waals surface area contributed by atoms with Crippen LogP contribution in [0.5, 0.6) is 0 Å². The van der Waals surface area contributed by atoms with Crippen LogP contribution in [0, 0.1) is 12.8 Å². The van der Waals surface area contributed by atoms with E-state index in [2.05, 4.69) is 10.4 Å². The molecule has 1 unspecified atom stereocenters. The molecule has 6 rings (SSSR count). The molecule has 2 aromatic heterocycles. The summed E-state index contributed by atoms with van der Waals surface area (Å²) in [6, 6.07) is 4.93. The summed E-state index contributed by atoms with van der Waals surface area (Å²) in [5, 5.41) is 8.25. The van der Waals surface area contributed by atoms with Gasteiger partial charge in [-0.1, -0.05) is 12.1 Å². The van der Waals surface area contributed by atoms with Crippen molar-refractivity contribution in [1.82, 2.24) is 14.3 Å². The third kappa shape index (κ3) is 2.97. The fraction of sp³-hybridized carbons (Fsp3) is 0.435. The summed E-state index contributed by atoms with van der Waals surface area (Å²) < 4.78 is 42.9. The Morgan fingerprint density at radius 2 is 1.88 bits per heavy atom. The molecular formula is C23H23F3N4O2. The van der Waals surface area contributed by atoms with Gasteiger partial charge in [-0.15, -0.1) is 0 Å². The van der Waals surface area contributed by atoms with Crippen molar-refractivity contribution in [2.45, 2.75) is 50.9 Å². The predicted octanol–water partition coefficient (Wildman–Crippen LogP) is 4.10. The van der Waals surface area contributed by atoms with Gasteiger partial charge < -0.3 is 9.88 Å². The van der Waals surface area contributed by atoms with E-state index in [0.717, 1.165) is 30.0 Å². The Hall–Kier alpha value is -3.10. The fourth-order valence-electron chi connectivity index (χ4n) is 5.24. The summed E-state index contributed by atoms with van der Waals surface area (Å²) >= 11 is 0. The van der Waals surface area contributed by atoms with Crippen LogP contribution in [0.3, 0.4) is 0 Å². The zero-order chi connectivity index (χ0) is 23.0. The molecule has 0 radical (unpaired) electrons. The van der Waals surface area contributed by atoms with Crippen LogP contribution in [0.25, 0.3) is 10.8 Å². The van der Waals surface area contributed by atoms with Crippen LogP contribution >= 0.6 is 0 Å². The molecule has 3 saturated carbocycles. The quantitative estimate of drug-likeness (QED) is 0.658. The highest BCUT2D eigenvalue weighted by atomic mass is 19.4. The number of aromatic nitrogens is 3. The lowest BCUT2D eigenvalue weighted by atomic mass is 9.49. The molecule has 3 aliphatic rings. The highest BCUT2D eigenvalue weighted by Crippen LogP contribution is 2.61. The lowest BCUT2D eigenvalue weighted by molar-refractivity contribution is -0.138. The van der Waals surface area contributed by atoms with Crippen LogP contribution < -0.4 is 16.4 Å². The molecule has 168 valence electrons. The first kappa shape index (κ1) is 20.8. The molecule has 1 N–H and O–H groups in total. The minimum atomic E-state index is -4.44. The Morgan fingerprint density at radius 3 is 2.47 bits per heavy atom. The Kier molecular flexibility index (Phi) is 4.35. The van der Waals surface area contributed by atoms with Crippen molar-refractivity contribution in [2.24, 2.45) is 13.0 Å². The number of hydrogen-bond acceptors (Lipinski definition) is 4. The van der Waals surface area contributed by atoms with Crippen molar-refractivity contribution in [1.29, 1.82) is 0 Å². The Bertz CT molecular complexity index is 1360. The first-order valence-electron chi connectivity index (χ1n) is 10.6. The van der Waals surface area contributed by atoms with Crippen LogP contribution in [-0.2, 0) is 18.8 Å². The van der Waals surface area contributed by atoms with Crippen molar-refractivity contribution in [2.75, 3.05) is 5.32 Å². The van der Waals surface area contributed by atoms with Gasteiger partial charge in [-0.2, -0.15) is 18.3 Å². The molecule has 0 spiro atoms. The molecule has 6 nitrogen and oxygen atoms in total. The number of pyridine rings is 1. The molecule has 2 heterocycles. The largest absolute Gasteiger partial charge is 0.416 e. The number of nitrogens with one attached hydrogen (secondary N) is 1. The normalized spacial score (nSPS) is 22.9. The van der Waals surface area contributed by atoms with Gasteiger partial charge in [0.25, 0.3) is 11.1 Å². The number of fused-ring (bicyclic) bond motifs is 1. The van der Waals surface area contributed by atoms with E-state index in [9.17, 15) is 22.8 Å². The molecule has 0 saturated heterocycles. The molecule has 1 atom stereocenters. The summed E-state index contributed by atoms with van der Waals surface area (Å²) in [5.41, 5.74) is -0.838. The summed E-state index contributed by atoms with van der Waals surface area (Å²) in [6.45, 7) is 3.20. The van der Waals surface area contributed by atoms with Crippen molar-refractivity contribution >= 4 is 16.6 Å². The maximum absolute atomic E-state index is 13.4. The molecule has 9 heteroatoms. The number of benzene rings is 1. The highest BCUT2D eigenvalue weighted by molar-refractivity contribution is 5.90. The smallest absolute Gasteiger partial charge is 0.362 e. The van der Waals surface area contributed by atoms with Crippen molar-refractivity contribution in [3.8, 4) is 0 Å². The van der Waals surface area contributed by atoms with E-state index in [-0.39, 0.29) is 22.0 Å². The van der Waals surface area contributed by atoms with Gasteiger partial charge in [0, 0.05) is 30.2 Å². The predicted molar refractivity (Wildman–Crippen MR) is 115 cm³/mol. The number of aryl methyl sites for hydroxylation is 1. The van der Waals surface area contributed by atoms with Crippen molar-refractivity contribution in [3.05, 3.63) is 67.9 Å². The SMILES string of the molecule is Cc1c(C(C)Nc2nn(C)c(=O)c3cc(=O)n(C45CC(C4)C5)cc23)cccc1C(F)(F)F. The number of alkyl halides is 3. The molecule has 2 bridgehead atoms. The third-order valence-electron chi connectivity index (χ3n) is 7.10. The topological polar surface area (TPSA) is 68.9 Å². The van der Waals surface area contributed by atoms with Gasteiger partial charge in [0.05, 0.1) is 17.0 Å². The average Bonchev–Trinajstić information content (AvgIpc) is 2.63. The van der Waals surface area contributed by atoms with Crippen molar-refractivity contribution in [3.63, 3.8) is 0 Å². The lowest BCUT2D eigenvalue weighted by Crippen LogP contribution is -2.61. The van der Waals surface area contributed by atoms with Gasteiger partial charge in [-0.05, 0) is 56.2 Å². The van der Waals surface area contributed by atoms with E-state index in [1.807, 2.05) is 0 Å². The Morgan fingerprint density at radius 1 is 1.19 bits per heavy atom. The van der Waals surface area contributed by atoms with E-state index in [0.29, 0.717) is 22.7 Å². The molecular weight excluding hydrogens is 421 g/mol. The zero-order valence-electron chi connectivity index (χ0n) is 18.0. The van der Waals surface area contributed by atoms with Gasteiger partial charge >= 0.3 is 6.18 Å². The minimum Gasteiger partial charge on any atom is -0.362 e. The second kappa shape index (κ2) is 6.70. The lowest BCUT2D eigenvalue weighted by Gasteiger charge is -2.62. The van der Waals surface area contributed by atoms with Gasteiger partial charge in [-0.25, -0.2) is 4.68 Å². The highest BCUT2D eigenvalue weighted by Gasteiger charge is 2.58. The summed E-state index contributed by atoms with van der Waals surface area (Å²) in [6.07, 6.45) is 0.119. The van der Waals surface area contributed by atoms with Gasteiger partial charge in [-0.3, -0.25) is 9.59 Å². The van der Waals surface area contributed by atoms with E-state index >= 15 is 0 Å². The second-order valence-corrected chi connectivity index (χ2v) is 9.17. The van der Waals surface area contributed by atoms with E-state index in [4.69, 9.17) is 0 Å². The molecule has 3 fully saturated rings. The van der Waals surface area contributed by atoms with E-state index in [1.54, 1.807) is 23.8 Å². The maximum Gasteiger partial charge on any atom is 0.416 e. The number of hydrogen-bond donors (Lipinski definition) is 1. The van der Waals surface area contributed by atoms with E-state index < -0.39 is 23.3 Å². The van der Waals surface area contributed by atoms with Gasteiger partial charge in [0.2, 0.25) is 0 Å². The maximum atomic E-state index is 13.4. The number of nitrogens with zero attached hydrogens (tertiary/aromatic N) is 3. The molecule has 1 aromatic carbocycles. The standard InChI is InChI=1S/C23H23F3N4O2/c1-12-15(5-4-6-18(12)23(24,25)26)13(2)27-20-17-11-30(22-8-14(9-22)10-22)19(31)7-16(17)21(32)29(3)28-20/h4-7,11,13-14H,8-10H2,1-3H3,(H,27,28). The van der Waals surface area contributed by atoms with Crippen LogP contribution in [0.15, 0.2) is 40.1 Å². The first-order chi connectivity index (χ1) is 15.0. The van der Waals surface area contributed by atoms with Crippen LogP contribution in [0.4, 0.5) is 19.0 Å². The summed E-state index contributed by atoms with van der Waals surface area (Å²) in [7, 11) is 1.49. The van der Waals surface area contributed by atoms with Crippen molar-refractivity contribution < 1.29 is 13.2 Å². The third-order valence-corrected chi connectivity index (χ3v) is 7.10. The number of anilines is 1. The first-order valence-corrected chi connectivity index (χ1v) is 10.6. The number of rotatable bonds is 4. The monoisotopic (exact) mass is 444 g/mol. The fourth-order valence-corrected chi connectivity index (χ4v) is 5.24. The van der Waals surface area contributed by atoms with Crippen LogP contribution in [0.1, 0.15) is 48.9 Å². The van der Waals surface area contributed by atoms with Gasteiger partial charge in [0.1, 0.15) is 0 Å². The average molecular weight is 444 g/mol. The number of halogens is 3. The summed E-state index contributed by atoms with van der Waals surface area (Å²) in [5.74, 6) is 1.02. The van der Waals surface area contributed by atoms with Gasteiger partial charge in [0.15, 0.2) is 5.82 Å². The van der Waals surface area contributed by atoms with E-state index in [1.165, 1.54) is 26.1 Å². The summed E-state index contributed by atoms with van der Waals surface area (Å²) in [4.78, 5) is 25.4. The molecule has 3 aromatic rings. The molecule has 32 heavy (non-hydrogen) atoms. The van der Waals surface area contributed by atoms with Crippen LogP contribution in [-0.4, -0.2) is 14.3 Å². The Labute approximate surface area is 181 Å². The Balaban J connectivity index is 1.60. The second-order valence-electron chi connectivity index (χ2n) is 9.17.